The fourth-order valence-electron chi connectivity index (χ4n) is 1.73. The van der Waals surface area contributed by atoms with Crippen molar-refractivity contribution in [1.82, 2.24) is 0 Å². The van der Waals surface area contributed by atoms with Crippen LogP contribution in [0.25, 0.3) is 0 Å². The molecule has 0 radical (unpaired) electrons. The third-order valence-electron chi connectivity index (χ3n) is 2.85. The molecule has 1 amide bonds. The van der Waals surface area contributed by atoms with Crippen molar-refractivity contribution < 1.29 is 4.79 Å². The van der Waals surface area contributed by atoms with Gasteiger partial charge in [0.1, 0.15) is 0 Å². The summed E-state index contributed by atoms with van der Waals surface area (Å²) < 4.78 is 0. The van der Waals surface area contributed by atoms with Crippen LogP contribution in [0.5, 0.6) is 0 Å². The lowest BCUT2D eigenvalue weighted by Crippen LogP contribution is -2.13. The monoisotopic (exact) mass is 217 g/mol. The molecule has 0 atom stereocenters. The Balaban J connectivity index is 2.37. The highest BCUT2D eigenvalue weighted by molar-refractivity contribution is 6.07. The molecule has 1 aliphatic carbocycles. The minimum atomic E-state index is -0.444. The molecule has 1 fully saturated rings. The molecule has 0 saturated heterocycles. The summed E-state index contributed by atoms with van der Waals surface area (Å²) in [6.45, 7) is 0. The second-order valence-corrected chi connectivity index (χ2v) is 4.06. The number of nitrogens with one attached hydrogen (secondary N) is 2. The summed E-state index contributed by atoms with van der Waals surface area (Å²) in [5, 5.41) is 11.0. The molecule has 84 valence electrons. The number of carbonyl (C=O) groups is 1. The number of hydrogen-bond acceptors (Lipinski definition) is 3. The summed E-state index contributed by atoms with van der Waals surface area (Å²) in [5.41, 5.74) is 8.01. The van der Waals surface area contributed by atoms with Gasteiger partial charge < -0.3 is 16.5 Å². The van der Waals surface area contributed by atoms with Crippen molar-refractivity contribution in [2.75, 3.05) is 12.4 Å². The van der Waals surface area contributed by atoms with Crippen molar-refractivity contribution in [2.45, 2.75) is 12.8 Å². The predicted octanol–water partition coefficient (Wildman–Crippen LogP) is 1.61. The molecule has 16 heavy (non-hydrogen) atoms. The van der Waals surface area contributed by atoms with Crippen LogP contribution in [0.4, 0.5) is 5.69 Å². The fraction of sp³-hybridized carbons (Fsp3) is 0.333. The van der Waals surface area contributed by atoms with Crippen LogP contribution in [0, 0.1) is 11.3 Å². The summed E-state index contributed by atoms with van der Waals surface area (Å²) in [7, 11) is 1.78. The van der Waals surface area contributed by atoms with E-state index in [4.69, 9.17) is 11.1 Å². The fourth-order valence-corrected chi connectivity index (χ4v) is 1.73. The second-order valence-electron chi connectivity index (χ2n) is 4.06. The Bertz CT molecular complexity index is 450. The zero-order valence-corrected chi connectivity index (χ0v) is 9.21. The SMILES string of the molecule is CNc1cc(C(N)=O)ccc1C(=N)C1CC1. The lowest BCUT2D eigenvalue weighted by molar-refractivity contribution is 0.100. The van der Waals surface area contributed by atoms with E-state index in [-0.39, 0.29) is 0 Å². The van der Waals surface area contributed by atoms with E-state index < -0.39 is 5.91 Å². The van der Waals surface area contributed by atoms with Gasteiger partial charge in [-0.05, 0) is 25.0 Å². The van der Waals surface area contributed by atoms with Crippen molar-refractivity contribution in [3.63, 3.8) is 0 Å². The van der Waals surface area contributed by atoms with Crippen molar-refractivity contribution >= 4 is 17.3 Å². The van der Waals surface area contributed by atoms with Crippen molar-refractivity contribution in [3.05, 3.63) is 29.3 Å². The van der Waals surface area contributed by atoms with Crippen molar-refractivity contribution in [3.8, 4) is 0 Å². The molecule has 0 aliphatic heterocycles. The van der Waals surface area contributed by atoms with Gasteiger partial charge in [0.05, 0.1) is 0 Å². The van der Waals surface area contributed by atoms with Gasteiger partial charge in [-0.1, -0.05) is 6.07 Å². The van der Waals surface area contributed by atoms with Gasteiger partial charge in [-0.2, -0.15) is 0 Å². The van der Waals surface area contributed by atoms with Crippen LogP contribution >= 0.6 is 0 Å². The van der Waals surface area contributed by atoms with E-state index in [2.05, 4.69) is 5.32 Å². The van der Waals surface area contributed by atoms with E-state index in [0.29, 0.717) is 17.2 Å². The van der Waals surface area contributed by atoms with Crippen molar-refractivity contribution in [2.24, 2.45) is 11.7 Å². The van der Waals surface area contributed by atoms with Crippen LogP contribution < -0.4 is 11.1 Å². The molecule has 0 spiro atoms. The first kappa shape index (κ1) is 10.7. The van der Waals surface area contributed by atoms with Crippen LogP contribution in [0.15, 0.2) is 18.2 Å². The molecule has 4 nitrogen and oxygen atoms in total. The highest BCUT2D eigenvalue weighted by Crippen LogP contribution is 2.34. The molecule has 2 rings (SSSR count). The number of nitrogens with two attached hydrogens (primary N) is 1. The first-order chi connectivity index (χ1) is 7.63. The molecule has 4 N–H and O–H groups in total. The Labute approximate surface area is 94.4 Å². The highest BCUT2D eigenvalue weighted by atomic mass is 16.1. The summed E-state index contributed by atoms with van der Waals surface area (Å²) >= 11 is 0. The van der Waals surface area contributed by atoms with Crippen LogP contribution in [-0.4, -0.2) is 18.7 Å². The van der Waals surface area contributed by atoms with Gasteiger partial charge in [0.15, 0.2) is 0 Å². The summed E-state index contributed by atoms with van der Waals surface area (Å²) in [6, 6.07) is 5.18. The van der Waals surface area contributed by atoms with E-state index in [9.17, 15) is 4.79 Å². The van der Waals surface area contributed by atoms with Crippen LogP contribution in [0.2, 0.25) is 0 Å². The smallest absolute Gasteiger partial charge is 0.248 e. The maximum Gasteiger partial charge on any atom is 0.248 e. The highest BCUT2D eigenvalue weighted by Gasteiger charge is 2.28. The lowest BCUT2D eigenvalue weighted by Gasteiger charge is -2.10. The molecule has 1 aromatic rings. The predicted molar refractivity (Wildman–Crippen MR) is 64.1 cm³/mol. The number of rotatable bonds is 4. The summed E-state index contributed by atoms with van der Waals surface area (Å²) in [5.74, 6) is -0.0486. The normalized spacial score (nSPS) is 14.6. The summed E-state index contributed by atoms with van der Waals surface area (Å²) in [4.78, 5) is 11.0. The molecule has 1 saturated carbocycles. The molecule has 0 unspecified atom stereocenters. The Morgan fingerprint density at radius 3 is 2.69 bits per heavy atom. The number of carbonyl (C=O) groups excluding carboxylic acids is 1. The van der Waals surface area contributed by atoms with Gasteiger partial charge in [0, 0.05) is 35.5 Å². The Morgan fingerprint density at radius 1 is 1.50 bits per heavy atom. The van der Waals surface area contributed by atoms with E-state index >= 15 is 0 Å². The largest absolute Gasteiger partial charge is 0.388 e. The third kappa shape index (κ3) is 1.91. The van der Waals surface area contributed by atoms with Gasteiger partial charge in [0.2, 0.25) is 5.91 Å². The quantitative estimate of drug-likeness (QED) is 0.670. The van der Waals surface area contributed by atoms with Crippen LogP contribution in [0.3, 0.4) is 0 Å². The summed E-state index contributed by atoms with van der Waals surface area (Å²) in [6.07, 6.45) is 2.19. The number of anilines is 1. The molecule has 1 aliphatic rings. The average Bonchev–Trinajstić information content (AvgIpc) is 3.11. The van der Waals surface area contributed by atoms with Crippen LogP contribution in [0.1, 0.15) is 28.8 Å². The molecular weight excluding hydrogens is 202 g/mol. The third-order valence-corrected chi connectivity index (χ3v) is 2.85. The molecule has 0 aromatic heterocycles. The van der Waals surface area contributed by atoms with E-state index in [1.165, 1.54) is 0 Å². The first-order valence-corrected chi connectivity index (χ1v) is 5.34. The number of benzene rings is 1. The maximum atomic E-state index is 11.0. The zero-order chi connectivity index (χ0) is 11.7. The van der Waals surface area contributed by atoms with E-state index in [1.54, 1.807) is 25.2 Å². The second kappa shape index (κ2) is 3.96. The van der Waals surface area contributed by atoms with Gasteiger partial charge in [0.25, 0.3) is 0 Å². The zero-order valence-electron chi connectivity index (χ0n) is 9.21. The molecule has 4 heteroatoms. The Hall–Kier alpha value is -1.84. The van der Waals surface area contributed by atoms with Gasteiger partial charge in [-0.25, -0.2) is 0 Å². The molecule has 0 bridgehead atoms. The van der Waals surface area contributed by atoms with Gasteiger partial charge in [-0.15, -0.1) is 0 Å². The Kier molecular flexibility index (Phi) is 2.64. The minimum Gasteiger partial charge on any atom is -0.388 e. The van der Waals surface area contributed by atoms with E-state index in [0.717, 1.165) is 24.1 Å². The lowest BCUT2D eigenvalue weighted by atomic mass is 10.0. The average molecular weight is 217 g/mol. The van der Waals surface area contributed by atoms with Gasteiger partial charge >= 0.3 is 0 Å². The molecule has 1 aromatic carbocycles. The maximum absolute atomic E-state index is 11.0. The number of primary amides is 1. The van der Waals surface area contributed by atoms with E-state index in [1.807, 2.05) is 0 Å². The standard InChI is InChI=1S/C12H15N3O/c1-15-10-6-8(12(14)16)4-5-9(10)11(13)7-2-3-7/h4-7,13,15H,2-3H2,1H3,(H2,14,16). The topological polar surface area (TPSA) is 79.0 Å². The number of amides is 1. The van der Waals surface area contributed by atoms with Crippen molar-refractivity contribution in [1.29, 1.82) is 5.41 Å². The first-order valence-electron chi connectivity index (χ1n) is 5.34. The molecular formula is C12H15N3O. The Morgan fingerprint density at radius 2 is 2.19 bits per heavy atom. The van der Waals surface area contributed by atoms with Gasteiger partial charge in [-0.3, -0.25) is 4.79 Å². The number of hydrogen-bond donors (Lipinski definition) is 3. The minimum absolute atomic E-state index is 0.395. The van der Waals surface area contributed by atoms with Crippen LogP contribution in [-0.2, 0) is 0 Å². The molecule has 0 heterocycles.